The Bertz CT molecular complexity index is 753. The minimum atomic E-state index is -0.0200. The molecule has 0 unspecified atom stereocenters. The Labute approximate surface area is 160 Å². The third kappa shape index (κ3) is 5.36. The van der Waals surface area contributed by atoms with Gasteiger partial charge in [-0.1, -0.05) is 32.0 Å². The largest absolute Gasteiger partial charge is 0.370 e. The van der Waals surface area contributed by atoms with Crippen molar-refractivity contribution in [3.63, 3.8) is 0 Å². The highest BCUT2D eigenvalue weighted by atomic mass is 127. The quantitative estimate of drug-likeness (QED) is 0.425. The van der Waals surface area contributed by atoms with Crippen molar-refractivity contribution in [2.45, 2.75) is 39.8 Å². The van der Waals surface area contributed by atoms with Gasteiger partial charge in [0.25, 0.3) is 5.56 Å². The van der Waals surface area contributed by atoms with Gasteiger partial charge in [-0.25, -0.2) is 4.99 Å². The van der Waals surface area contributed by atoms with Crippen molar-refractivity contribution in [2.75, 3.05) is 5.32 Å². The number of aliphatic imine (C=N–C) groups is 1. The van der Waals surface area contributed by atoms with Gasteiger partial charge in [-0.3, -0.25) is 4.79 Å². The first-order valence-electron chi connectivity index (χ1n) is 7.86. The predicted octanol–water partition coefficient (Wildman–Crippen LogP) is 3.54. The van der Waals surface area contributed by atoms with E-state index in [-0.39, 0.29) is 36.1 Å². The van der Waals surface area contributed by atoms with E-state index in [9.17, 15) is 4.79 Å². The van der Waals surface area contributed by atoms with Crippen molar-refractivity contribution < 1.29 is 0 Å². The first-order valence-corrected chi connectivity index (χ1v) is 7.86. The molecule has 0 bridgehead atoms. The zero-order valence-corrected chi connectivity index (χ0v) is 16.7. The maximum absolute atomic E-state index is 12.1. The monoisotopic (exact) mass is 440 g/mol. The molecule has 0 radical (unpaired) electrons. The SMILES string of the molecule is CCn1cccc(CN=C(N)Nc2cccc(C(C)C)c2)c1=O.I. The number of halogens is 1. The van der Waals surface area contributed by atoms with E-state index in [2.05, 4.69) is 36.3 Å². The molecule has 2 rings (SSSR count). The van der Waals surface area contributed by atoms with E-state index >= 15 is 0 Å². The number of aromatic nitrogens is 1. The number of guanidine groups is 1. The third-order valence-corrected chi connectivity index (χ3v) is 3.69. The lowest BCUT2D eigenvalue weighted by atomic mass is 10.0. The molecule has 5 nitrogen and oxygen atoms in total. The average Bonchev–Trinajstić information content (AvgIpc) is 2.54. The lowest BCUT2D eigenvalue weighted by Gasteiger charge is -2.10. The second-order valence-electron chi connectivity index (χ2n) is 5.73. The number of benzene rings is 1. The molecular formula is C18H25IN4O. The van der Waals surface area contributed by atoms with Gasteiger partial charge in [-0.2, -0.15) is 0 Å². The fraction of sp³-hybridized carbons (Fsp3) is 0.333. The first-order chi connectivity index (χ1) is 11.0. The van der Waals surface area contributed by atoms with Crippen molar-refractivity contribution in [1.82, 2.24) is 4.57 Å². The van der Waals surface area contributed by atoms with Gasteiger partial charge in [-0.05, 0) is 36.6 Å². The maximum Gasteiger partial charge on any atom is 0.255 e. The summed E-state index contributed by atoms with van der Waals surface area (Å²) in [5.41, 5.74) is 8.68. The zero-order chi connectivity index (χ0) is 16.8. The Hall–Kier alpha value is -1.83. The molecule has 24 heavy (non-hydrogen) atoms. The van der Waals surface area contributed by atoms with Gasteiger partial charge in [0.2, 0.25) is 0 Å². The Morgan fingerprint density at radius 2 is 2.04 bits per heavy atom. The van der Waals surface area contributed by atoms with Gasteiger partial charge >= 0.3 is 0 Å². The number of anilines is 1. The van der Waals surface area contributed by atoms with Crippen molar-refractivity contribution in [3.05, 3.63) is 64.1 Å². The molecule has 0 aliphatic heterocycles. The summed E-state index contributed by atoms with van der Waals surface area (Å²) in [5, 5.41) is 3.07. The summed E-state index contributed by atoms with van der Waals surface area (Å²) in [6.07, 6.45) is 1.77. The van der Waals surface area contributed by atoms with E-state index in [1.165, 1.54) is 5.56 Å². The van der Waals surface area contributed by atoms with Crippen LogP contribution < -0.4 is 16.6 Å². The van der Waals surface area contributed by atoms with Crippen LogP contribution in [0.2, 0.25) is 0 Å². The molecule has 1 aromatic carbocycles. The molecule has 1 heterocycles. The summed E-state index contributed by atoms with van der Waals surface area (Å²) in [6.45, 7) is 7.13. The number of aryl methyl sites for hydroxylation is 1. The molecule has 3 N–H and O–H groups in total. The Balaban J connectivity index is 0.00000288. The fourth-order valence-corrected chi connectivity index (χ4v) is 2.29. The Morgan fingerprint density at radius 3 is 2.71 bits per heavy atom. The lowest BCUT2D eigenvalue weighted by Crippen LogP contribution is -2.25. The molecule has 1 aromatic heterocycles. The van der Waals surface area contributed by atoms with Crippen LogP contribution in [0.1, 0.15) is 37.8 Å². The average molecular weight is 440 g/mol. The highest BCUT2D eigenvalue weighted by molar-refractivity contribution is 14.0. The summed E-state index contributed by atoms with van der Waals surface area (Å²) in [6, 6.07) is 11.7. The summed E-state index contributed by atoms with van der Waals surface area (Å²) >= 11 is 0. The second-order valence-corrected chi connectivity index (χ2v) is 5.73. The lowest BCUT2D eigenvalue weighted by molar-refractivity contribution is 0.714. The minimum Gasteiger partial charge on any atom is -0.370 e. The van der Waals surface area contributed by atoms with Crippen LogP contribution in [0.15, 0.2) is 52.4 Å². The molecule has 130 valence electrons. The van der Waals surface area contributed by atoms with Gasteiger partial charge in [0, 0.05) is 24.0 Å². The number of rotatable bonds is 5. The molecule has 0 fully saturated rings. The fourth-order valence-electron chi connectivity index (χ4n) is 2.29. The van der Waals surface area contributed by atoms with Crippen molar-refractivity contribution >= 4 is 35.6 Å². The van der Waals surface area contributed by atoms with Gasteiger partial charge in [0.15, 0.2) is 5.96 Å². The van der Waals surface area contributed by atoms with E-state index in [1.807, 2.05) is 25.1 Å². The standard InChI is InChI=1S/C18H24N4O.HI/c1-4-22-10-6-8-15(17(22)23)12-20-18(19)21-16-9-5-7-14(11-16)13(2)3;/h5-11,13H,4,12H2,1-3H3,(H3,19,20,21);1H. The molecule has 6 heteroatoms. The summed E-state index contributed by atoms with van der Waals surface area (Å²) in [7, 11) is 0. The van der Waals surface area contributed by atoms with Crippen LogP contribution in [-0.2, 0) is 13.1 Å². The van der Waals surface area contributed by atoms with E-state index < -0.39 is 0 Å². The highest BCUT2D eigenvalue weighted by Crippen LogP contribution is 2.18. The number of hydrogen-bond acceptors (Lipinski definition) is 2. The second kappa shape index (κ2) is 9.46. The first kappa shape index (κ1) is 20.2. The summed E-state index contributed by atoms with van der Waals surface area (Å²) < 4.78 is 1.65. The molecular weight excluding hydrogens is 415 g/mol. The minimum absolute atomic E-state index is 0. The number of nitrogens with zero attached hydrogens (tertiary/aromatic N) is 2. The Morgan fingerprint density at radius 1 is 1.29 bits per heavy atom. The molecule has 0 aliphatic carbocycles. The molecule has 0 saturated carbocycles. The summed E-state index contributed by atoms with van der Waals surface area (Å²) in [5.74, 6) is 0.754. The van der Waals surface area contributed by atoms with E-state index in [1.54, 1.807) is 16.8 Å². The number of nitrogens with two attached hydrogens (primary N) is 1. The third-order valence-electron chi connectivity index (χ3n) is 3.69. The van der Waals surface area contributed by atoms with Crippen LogP contribution >= 0.6 is 24.0 Å². The van der Waals surface area contributed by atoms with Gasteiger partial charge in [0.1, 0.15) is 0 Å². The Kier molecular flexibility index (Phi) is 7.97. The van der Waals surface area contributed by atoms with Gasteiger partial charge < -0.3 is 15.6 Å². The molecule has 0 amide bonds. The molecule has 2 aromatic rings. The van der Waals surface area contributed by atoms with E-state index in [4.69, 9.17) is 5.73 Å². The number of pyridine rings is 1. The predicted molar refractivity (Wildman–Crippen MR) is 111 cm³/mol. The van der Waals surface area contributed by atoms with Gasteiger partial charge in [-0.15, -0.1) is 24.0 Å². The van der Waals surface area contributed by atoms with Crippen LogP contribution in [0.3, 0.4) is 0 Å². The van der Waals surface area contributed by atoms with Crippen LogP contribution in [0, 0.1) is 0 Å². The van der Waals surface area contributed by atoms with Gasteiger partial charge in [0.05, 0.1) is 6.54 Å². The van der Waals surface area contributed by atoms with Crippen LogP contribution in [0.5, 0.6) is 0 Å². The van der Waals surface area contributed by atoms with E-state index in [0.717, 1.165) is 5.69 Å². The smallest absolute Gasteiger partial charge is 0.255 e. The van der Waals surface area contributed by atoms with Crippen LogP contribution in [0.25, 0.3) is 0 Å². The highest BCUT2D eigenvalue weighted by Gasteiger charge is 2.03. The molecule has 0 spiro atoms. The van der Waals surface area contributed by atoms with Crippen molar-refractivity contribution in [1.29, 1.82) is 0 Å². The van der Waals surface area contributed by atoms with Crippen molar-refractivity contribution in [2.24, 2.45) is 10.7 Å². The maximum atomic E-state index is 12.1. The molecule has 0 aliphatic rings. The topological polar surface area (TPSA) is 72.4 Å². The zero-order valence-electron chi connectivity index (χ0n) is 14.3. The van der Waals surface area contributed by atoms with Crippen molar-refractivity contribution in [3.8, 4) is 0 Å². The van der Waals surface area contributed by atoms with Crippen LogP contribution in [-0.4, -0.2) is 10.5 Å². The van der Waals surface area contributed by atoms with Crippen LogP contribution in [0.4, 0.5) is 5.69 Å². The van der Waals surface area contributed by atoms with E-state index in [0.29, 0.717) is 24.0 Å². The molecule has 0 atom stereocenters. The number of hydrogen-bond donors (Lipinski definition) is 2. The number of nitrogens with one attached hydrogen (secondary N) is 1. The summed E-state index contributed by atoms with van der Waals surface area (Å²) in [4.78, 5) is 16.4. The normalized spacial score (nSPS) is 11.2. The molecule has 0 saturated heterocycles.